The second kappa shape index (κ2) is 6.93. The van der Waals surface area contributed by atoms with Crippen LogP contribution in [0.2, 0.25) is 0 Å². The summed E-state index contributed by atoms with van der Waals surface area (Å²) in [6.45, 7) is 1.80. The fraction of sp³-hybridized carbons (Fsp3) is 0.316. The summed E-state index contributed by atoms with van der Waals surface area (Å²) in [7, 11) is 0. The summed E-state index contributed by atoms with van der Waals surface area (Å²) in [4.78, 5) is 14.5. The second-order valence-electron chi connectivity index (χ2n) is 6.26. The molecule has 128 valence electrons. The molecule has 1 aliphatic heterocycles. The quantitative estimate of drug-likeness (QED) is 0.734. The van der Waals surface area contributed by atoms with Gasteiger partial charge in [0.25, 0.3) is 0 Å². The van der Waals surface area contributed by atoms with Crippen molar-refractivity contribution < 1.29 is 9.53 Å². The molecular weight excluding hydrogens is 316 g/mol. The SMILES string of the molecule is O=C(Cn1ccc2ccccc21)N1CCC(Oc2cccnn2)CC1. The minimum Gasteiger partial charge on any atom is -0.473 e. The third kappa shape index (κ3) is 3.47. The van der Waals surface area contributed by atoms with E-state index in [0.717, 1.165) is 23.7 Å². The van der Waals surface area contributed by atoms with Crippen molar-refractivity contribution in [3.63, 3.8) is 0 Å². The predicted molar refractivity (Wildman–Crippen MR) is 94.2 cm³/mol. The molecule has 6 heteroatoms. The van der Waals surface area contributed by atoms with Crippen molar-refractivity contribution >= 4 is 16.8 Å². The Hall–Kier alpha value is -2.89. The number of ether oxygens (including phenoxy) is 1. The molecule has 2 aromatic heterocycles. The largest absolute Gasteiger partial charge is 0.473 e. The Morgan fingerprint density at radius 1 is 1.12 bits per heavy atom. The molecule has 0 saturated carbocycles. The van der Waals surface area contributed by atoms with Crippen molar-refractivity contribution in [3.8, 4) is 5.88 Å². The lowest BCUT2D eigenvalue weighted by atomic mass is 10.1. The van der Waals surface area contributed by atoms with Gasteiger partial charge in [0.1, 0.15) is 12.6 Å². The van der Waals surface area contributed by atoms with Gasteiger partial charge in [0, 0.05) is 49.9 Å². The van der Waals surface area contributed by atoms with Crippen LogP contribution in [0.15, 0.2) is 54.9 Å². The number of nitrogens with zero attached hydrogens (tertiary/aromatic N) is 4. The van der Waals surface area contributed by atoms with E-state index >= 15 is 0 Å². The lowest BCUT2D eigenvalue weighted by molar-refractivity contribution is -0.133. The van der Waals surface area contributed by atoms with Gasteiger partial charge in [-0.3, -0.25) is 4.79 Å². The van der Waals surface area contributed by atoms with Crippen LogP contribution < -0.4 is 4.74 Å². The smallest absolute Gasteiger partial charge is 0.242 e. The molecule has 0 atom stereocenters. The van der Waals surface area contributed by atoms with Crippen LogP contribution in [-0.4, -0.2) is 44.8 Å². The molecule has 3 heterocycles. The first-order valence-corrected chi connectivity index (χ1v) is 8.55. The van der Waals surface area contributed by atoms with Gasteiger partial charge in [0.05, 0.1) is 0 Å². The van der Waals surface area contributed by atoms with Crippen LogP contribution in [-0.2, 0) is 11.3 Å². The van der Waals surface area contributed by atoms with Gasteiger partial charge >= 0.3 is 0 Å². The highest BCUT2D eigenvalue weighted by molar-refractivity contribution is 5.83. The van der Waals surface area contributed by atoms with Crippen LogP contribution >= 0.6 is 0 Å². The van der Waals surface area contributed by atoms with Gasteiger partial charge in [-0.2, -0.15) is 5.10 Å². The van der Waals surface area contributed by atoms with Gasteiger partial charge < -0.3 is 14.2 Å². The minimum absolute atomic E-state index is 0.0909. The Labute approximate surface area is 146 Å². The van der Waals surface area contributed by atoms with Gasteiger partial charge in [0.2, 0.25) is 11.8 Å². The Balaban J connectivity index is 1.33. The van der Waals surface area contributed by atoms with E-state index in [1.807, 2.05) is 52.1 Å². The number of amides is 1. The van der Waals surface area contributed by atoms with Crippen molar-refractivity contribution in [2.45, 2.75) is 25.5 Å². The third-order valence-corrected chi connectivity index (χ3v) is 4.62. The van der Waals surface area contributed by atoms with E-state index in [0.29, 0.717) is 25.5 Å². The number of hydrogen-bond donors (Lipinski definition) is 0. The minimum atomic E-state index is 0.0909. The van der Waals surface area contributed by atoms with E-state index in [1.165, 1.54) is 0 Å². The zero-order chi connectivity index (χ0) is 17.1. The molecule has 0 radical (unpaired) electrons. The van der Waals surface area contributed by atoms with Crippen molar-refractivity contribution in [2.24, 2.45) is 0 Å². The summed E-state index contributed by atoms with van der Waals surface area (Å²) < 4.78 is 7.84. The van der Waals surface area contributed by atoms with Crippen molar-refractivity contribution in [3.05, 3.63) is 54.9 Å². The van der Waals surface area contributed by atoms with Crippen LogP contribution in [0.1, 0.15) is 12.8 Å². The highest BCUT2D eigenvalue weighted by Gasteiger charge is 2.24. The van der Waals surface area contributed by atoms with Gasteiger partial charge in [-0.05, 0) is 23.6 Å². The first-order chi connectivity index (χ1) is 12.3. The lowest BCUT2D eigenvalue weighted by Crippen LogP contribution is -2.43. The number of aromatic nitrogens is 3. The molecule has 0 unspecified atom stereocenters. The molecule has 1 amide bonds. The zero-order valence-corrected chi connectivity index (χ0v) is 13.9. The Bertz CT molecular complexity index is 854. The molecule has 3 aromatic rings. The number of hydrogen-bond acceptors (Lipinski definition) is 4. The maximum atomic E-state index is 12.6. The number of carbonyl (C=O) groups is 1. The summed E-state index contributed by atoms with van der Waals surface area (Å²) >= 11 is 0. The van der Waals surface area contributed by atoms with Crippen molar-refractivity contribution in [1.82, 2.24) is 19.7 Å². The highest BCUT2D eigenvalue weighted by atomic mass is 16.5. The monoisotopic (exact) mass is 336 g/mol. The average Bonchev–Trinajstić information content (AvgIpc) is 3.06. The molecule has 6 nitrogen and oxygen atoms in total. The molecule has 0 N–H and O–H groups in total. The second-order valence-corrected chi connectivity index (χ2v) is 6.26. The maximum absolute atomic E-state index is 12.6. The molecule has 0 spiro atoms. The van der Waals surface area contributed by atoms with Gasteiger partial charge in [-0.1, -0.05) is 18.2 Å². The van der Waals surface area contributed by atoms with Gasteiger partial charge in [0.15, 0.2) is 0 Å². The molecule has 1 saturated heterocycles. The molecule has 1 fully saturated rings. The van der Waals surface area contributed by atoms with E-state index in [2.05, 4.69) is 16.3 Å². The summed E-state index contributed by atoms with van der Waals surface area (Å²) in [5, 5.41) is 8.93. The number of fused-ring (bicyclic) bond motifs is 1. The number of para-hydroxylation sites is 1. The van der Waals surface area contributed by atoms with E-state index in [9.17, 15) is 4.79 Å². The topological polar surface area (TPSA) is 60.2 Å². The molecule has 1 aromatic carbocycles. The molecule has 25 heavy (non-hydrogen) atoms. The van der Waals surface area contributed by atoms with Gasteiger partial charge in [-0.25, -0.2) is 0 Å². The average molecular weight is 336 g/mol. The summed E-state index contributed by atoms with van der Waals surface area (Å²) in [6, 6.07) is 13.8. The molecule has 0 bridgehead atoms. The molecule has 0 aliphatic carbocycles. The van der Waals surface area contributed by atoms with Crippen LogP contribution in [0.3, 0.4) is 0 Å². The number of rotatable bonds is 4. The fourth-order valence-corrected chi connectivity index (χ4v) is 3.27. The molecule has 4 rings (SSSR count). The lowest BCUT2D eigenvalue weighted by Gasteiger charge is -2.32. The van der Waals surface area contributed by atoms with Crippen molar-refractivity contribution in [2.75, 3.05) is 13.1 Å². The van der Waals surface area contributed by atoms with Crippen LogP contribution in [0, 0.1) is 0 Å². The van der Waals surface area contributed by atoms with E-state index in [-0.39, 0.29) is 12.0 Å². The van der Waals surface area contributed by atoms with E-state index < -0.39 is 0 Å². The van der Waals surface area contributed by atoms with Gasteiger partial charge in [-0.15, -0.1) is 5.10 Å². The van der Waals surface area contributed by atoms with Crippen LogP contribution in [0.4, 0.5) is 0 Å². The normalized spacial score (nSPS) is 15.4. The number of piperidine rings is 1. The maximum Gasteiger partial charge on any atom is 0.242 e. The van der Waals surface area contributed by atoms with Crippen LogP contribution in [0.5, 0.6) is 5.88 Å². The Morgan fingerprint density at radius 3 is 2.76 bits per heavy atom. The van der Waals surface area contributed by atoms with E-state index in [4.69, 9.17) is 4.74 Å². The zero-order valence-electron chi connectivity index (χ0n) is 13.9. The molecule has 1 aliphatic rings. The standard InChI is InChI=1S/C19H20N4O2/c24-19(14-23-11-7-15-4-1-2-5-17(15)23)22-12-8-16(9-13-22)25-18-6-3-10-20-21-18/h1-7,10-11,16H,8-9,12-14H2. The number of likely N-dealkylation sites (tertiary alicyclic amines) is 1. The number of benzene rings is 1. The first-order valence-electron chi connectivity index (χ1n) is 8.55. The van der Waals surface area contributed by atoms with Crippen molar-refractivity contribution in [1.29, 1.82) is 0 Å². The number of carbonyl (C=O) groups excluding carboxylic acids is 1. The first kappa shape index (κ1) is 15.6. The predicted octanol–water partition coefficient (Wildman–Crippen LogP) is 2.50. The highest BCUT2D eigenvalue weighted by Crippen LogP contribution is 2.18. The van der Waals surface area contributed by atoms with Crippen LogP contribution in [0.25, 0.3) is 10.9 Å². The third-order valence-electron chi connectivity index (χ3n) is 4.62. The molecular formula is C19H20N4O2. The Kier molecular flexibility index (Phi) is 4.33. The van der Waals surface area contributed by atoms with E-state index in [1.54, 1.807) is 6.20 Å². The Morgan fingerprint density at radius 2 is 1.96 bits per heavy atom. The fourth-order valence-electron chi connectivity index (χ4n) is 3.27. The summed E-state index contributed by atoms with van der Waals surface area (Å²) in [6.07, 6.45) is 5.32. The summed E-state index contributed by atoms with van der Waals surface area (Å²) in [5.41, 5.74) is 1.09. The summed E-state index contributed by atoms with van der Waals surface area (Å²) in [5.74, 6) is 0.699.